The first-order valence-corrected chi connectivity index (χ1v) is 15.2. The molecule has 1 fully saturated rings. The fourth-order valence-electron chi connectivity index (χ4n) is 5.41. The van der Waals surface area contributed by atoms with Gasteiger partial charge in [0.05, 0.1) is 23.4 Å². The van der Waals surface area contributed by atoms with Crippen LogP contribution < -0.4 is 10.9 Å². The van der Waals surface area contributed by atoms with Gasteiger partial charge in [-0.3, -0.25) is 14.2 Å². The number of hydrogen-bond acceptors (Lipinski definition) is 5. The van der Waals surface area contributed by atoms with Crippen molar-refractivity contribution in [1.82, 2.24) is 14.9 Å². The van der Waals surface area contributed by atoms with E-state index in [0.717, 1.165) is 48.1 Å². The summed E-state index contributed by atoms with van der Waals surface area (Å²) in [4.78, 5) is 32.1. The number of amides is 1. The summed E-state index contributed by atoms with van der Waals surface area (Å²) in [6.07, 6.45) is 12.8. The molecule has 6 nitrogen and oxygen atoms in total. The maximum atomic E-state index is 14.1. The average molecular weight is 566 g/mol. The van der Waals surface area contributed by atoms with Gasteiger partial charge >= 0.3 is 0 Å². The molecule has 2 aromatic heterocycles. The van der Waals surface area contributed by atoms with Crippen LogP contribution in [-0.4, -0.2) is 27.3 Å². The molecule has 1 aliphatic carbocycles. The van der Waals surface area contributed by atoms with E-state index in [1.165, 1.54) is 18.2 Å². The zero-order valence-electron chi connectivity index (χ0n) is 23.8. The van der Waals surface area contributed by atoms with Gasteiger partial charge in [0, 0.05) is 28.3 Å². The summed E-state index contributed by atoms with van der Waals surface area (Å²) in [5.74, 6) is 3.69. The number of aromatic nitrogens is 2. The Morgan fingerprint density at radius 2 is 1.95 bits per heavy atom. The Balaban J connectivity index is 1.61. The van der Waals surface area contributed by atoms with Gasteiger partial charge in [0.2, 0.25) is 5.91 Å². The average Bonchev–Trinajstić information content (AvgIpc) is 3.53. The molecule has 41 heavy (non-hydrogen) atoms. The molecule has 1 N–H and O–H groups in total. The molecule has 7 heteroatoms. The first-order chi connectivity index (χ1) is 19.9. The number of nitrogens with zero attached hydrogens (tertiary/aromatic N) is 2. The van der Waals surface area contributed by atoms with Crippen LogP contribution in [0.4, 0.5) is 0 Å². The molecule has 210 valence electrons. The van der Waals surface area contributed by atoms with Crippen LogP contribution in [0.3, 0.4) is 0 Å². The van der Waals surface area contributed by atoms with E-state index in [9.17, 15) is 9.59 Å². The summed E-state index contributed by atoms with van der Waals surface area (Å²) < 4.78 is 7.24. The molecule has 0 bridgehead atoms. The summed E-state index contributed by atoms with van der Waals surface area (Å²) in [6, 6.07) is 17.4. The summed E-state index contributed by atoms with van der Waals surface area (Å²) in [6.45, 7) is 6.05. The zero-order valence-corrected chi connectivity index (χ0v) is 24.6. The van der Waals surface area contributed by atoms with Crippen LogP contribution in [0.15, 0.2) is 75.2 Å². The van der Waals surface area contributed by atoms with Crippen molar-refractivity contribution in [1.29, 1.82) is 0 Å². The normalized spacial score (nSPS) is 13.7. The first-order valence-electron chi connectivity index (χ1n) is 14.2. The Morgan fingerprint density at radius 1 is 1.15 bits per heavy atom. The fourth-order valence-corrected chi connectivity index (χ4v) is 6.23. The lowest BCUT2D eigenvalue weighted by atomic mass is 9.91. The van der Waals surface area contributed by atoms with Crippen LogP contribution in [-0.2, 0) is 4.79 Å². The highest BCUT2D eigenvalue weighted by Crippen LogP contribution is 2.35. The third-order valence-corrected chi connectivity index (χ3v) is 8.53. The first kappa shape index (κ1) is 28.5. The molecule has 2 aromatic carbocycles. The molecule has 4 aromatic rings. The fraction of sp³-hybridized carbons (Fsp3) is 0.324. The molecule has 1 aliphatic rings. The predicted molar refractivity (Wildman–Crippen MR) is 165 cm³/mol. The van der Waals surface area contributed by atoms with E-state index in [0.29, 0.717) is 27.7 Å². The van der Waals surface area contributed by atoms with Crippen LogP contribution in [0.25, 0.3) is 28.3 Å². The smallest absolute Gasteiger partial charge is 0.262 e. The summed E-state index contributed by atoms with van der Waals surface area (Å²) in [5, 5.41) is 3.62. The minimum Gasteiger partial charge on any atom is -0.464 e. The second-order valence-corrected chi connectivity index (χ2v) is 11.8. The number of furan rings is 1. The molecule has 0 aliphatic heterocycles. The molecule has 5 rings (SSSR count). The quantitative estimate of drug-likeness (QED) is 0.140. The van der Waals surface area contributed by atoms with E-state index >= 15 is 0 Å². The van der Waals surface area contributed by atoms with E-state index in [4.69, 9.17) is 15.8 Å². The Morgan fingerprint density at radius 3 is 2.66 bits per heavy atom. The van der Waals surface area contributed by atoms with Gasteiger partial charge in [0.1, 0.15) is 5.76 Å². The minimum atomic E-state index is -0.197. The highest BCUT2D eigenvalue weighted by atomic mass is 32.2. The summed E-state index contributed by atoms with van der Waals surface area (Å²) in [5.41, 5.74) is 5.07. The van der Waals surface area contributed by atoms with E-state index in [1.54, 1.807) is 23.8 Å². The Kier molecular flexibility index (Phi) is 8.80. The number of carbonyl (C=O) groups excluding carboxylic acids is 1. The lowest BCUT2D eigenvalue weighted by Gasteiger charge is -2.23. The monoisotopic (exact) mass is 565 g/mol. The number of rotatable bonds is 8. The van der Waals surface area contributed by atoms with Crippen molar-refractivity contribution >= 4 is 17.7 Å². The molecule has 0 spiro atoms. The van der Waals surface area contributed by atoms with Crippen LogP contribution in [0.5, 0.6) is 0 Å². The van der Waals surface area contributed by atoms with Gasteiger partial charge in [0.25, 0.3) is 5.56 Å². The highest BCUT2D eigenvalue weighted by molar-refractivity contribution is 7.99. The van der Waals surface area contributed by atoms with Crippen molar-refractivity contribution in [3.8, 4) is 40.6 Å². The maximum Gasteiger partial charge on any atom is 0.262 e. The predicted octanol–water partition coefficient (Wildman–Crippen LogP) is 7.11. The lowest BCUT2D eigenvalue weighted by molar-refractivity contribution is -0.119. The molecule has 0 unspecified atom stereocenters. The van der Waals surface area contributed by atoms with Crippen LogP contribution >= 0.6 is 11.8 Å². The number of carbonyl (C=O) groups is 1. The summed E-state index contributed by atoms with van der Waals surface area (Å²) in [7, 11) is 0. The van der Waals surface area contributed by atoms with Crippen LogP contribution in [0.2, 0.25) is 0 Å². The zero-order chi connectivity index (χ0) is 28.9. The largest absolute Gasteiger partial charge is 0.464 e. The van der Waals surface area contributed by atoms with Crippen molar-refractivity contribution in [2.24, 2.45) is 0 Å². The molecule has 2 heterocycles. The highest BCUT2D eigenvalue weighted by Gasteiger charge is 2.22. The van der Waals surface area contributed by atoms with Gasteiger partial charge < -0.3 is 9.73 Å². The number of thioether (sulfide) groups is 1. The molecular formula is C34H35N3O3S. The van der Waals surface area contributed by atoms with Gasteiger partial charge in [-0.2, -0.15) is 0 Å². The van der Waals surface area contributed by atoms with Gasteiger partial charge in [-0.25, -0.2) is 4.98 Å². The third-order valence-electron chi connectivity index (χ3n) is 7.59. The topological polar surface area (TPSA) is 77.1 Å². The van der Waals surface area contributed by atoms with E-state index in [1.807, 2.05) is 42.5 Å². The number of hydrogen-bond donors (Lipinski definition) is 1. The third kappa shape index (κ3) is 6.34. The van der Waals surface area contributed by atoms with Crippen molar-refractivity contribution in [3.05, 3.63) is 87.9 Å². The lowest BCUT2D eigenvalue weighted by Crippen LogP contribution is -2.37. The molecule has 0 saturated heterocycles. The van der Waals surface area contributed by atoms with E-state index in [2.05, 4.69) is 31.2 Å². The second-order valence-electron chi connectivity index (χ2n) is 10.8. The van der Waals surface area contributed by atoms with Crippen LogP contribution in [0.1, 0.15) is 68.6 Å². The summed E-state index contributed by atoms with van der Waals surface area (Å²) >= 11 is 1.27. The maximum absolute atomic E-state index is 14.1. The van der Waals surface area contributed by atoms with Gasteiger partial charge in [-0.05, 0) is 67.6 Å². The number of benzene rings is 2. The van der Waals surface area contributed by atoms with Crippen molar-refractivity contribution < 1.29 is 9.21 Å². The van der Waals surface area contributed by atoms with Crippen molar-refractivity contribution in [2.75, 3.05) is 5.75 Å². The molecular weight excluding hydrogens is 530 g/mol. The standard InChI is InChI=1S/C34H35N3O3S/c1-5-24-11-9-14-27(19-24)37-33(39)23(4)32(36-34(37)41-21-31(38)35-26-12-7-6-8-13-26)29-20-25(30-15-10-18-40-30)16-17-28(29)22(2)3/h1,9-11,14-20,22,26H,6-8,12-13,21H2,2-4H3,(H,35,38). The Bertz CT molecular complexity index is 1640. The van der Waals surface area contributed by atoms with E-state index < -0.39 is 0 Å². The molecule has 1 saturated carbocycles. The molecule has 0 radical (unpaired) electrons. The van der Waals surface area contributed by atoms with Crippen molar-refractivity contribution in [3.63, 3.8) is 0 Å². The second kappa shape index (κ2) is 12.7. The SMILES string of the molecule is C#Cc1cccc(-n2c(SCC(=O)NC3CCCCC3)nc(-c3cc(-c4ccco4)ccc3C(C)C)c(C)c2=O)c1. The van der Waals surface area contributed by atoms with Crippen LogP contribution in [0, 0.1) is 19.3 Å². The molecule has 0 atom stereocenters. The van der Waals surface area contributed by atoms with Gasteiger partial charge in [-0.1, -0.05) is 69.0 Å². The number of terminal acetylenes is 1. The Hall–Kier alpha value is -4.02. The van der Waals surface area contributed by atoms with Gasteiger partial charge in [-0.15, -0.1) is 6.42 Å². The van der Waals surface area contributed by atoms with Gasteiger partial charge in [0.15, 0.2) is 5.16 Å². The van der Waals surface area contributed by atoms with E-state index in [-0.39, 0.29) is 29.2 Å². The minimum absolute atomic E-state index is 0.0510. The molecule has 1 amide bonds. The van der Waals surface area contributed by atoms with Crippen molar-refractivity contribution in [2.45, 2.75) is 70.0 Å². The Labute approximate surface area is 245 Å². The number of nitrogens with one attached hydrogen (secondary N) is 1.